The number of hydrogen-bond donors (Lipinski definition) is 2. The van der Waals surface area contributed by atoms with Gasteiger partial charge in [0.25, 0.3) is 11.8 Å². The quantitative estimate of drug-likeness (QED) is 0.757. The molecule has 136 valence electrons. The second-order valence-corrected chi connectivity index (χ2v) is 6.55. The summed E-state index contributed by atoms with van der Waals surface area (Å²) in [5.74, 6) is -1.45. The second kappa shape index (κ2) is 9.42. The molecule has 1 aliphatic rings. The van der Waals surface area contributed by atoms with Crippen molar-refractivity contribution in [3.63, 3.8) is 0 Å². The van der Waals surface area contributed by atoms with E-state index >= 15 is 0 Å². The molecule has 25 heavy (non-hydrogen) atoms. The Kier molecular flexibility index (Phi) is 7.25. The highest BCUT2D eigenvalue weighted by atomic mass is 35.5. The van der Waals surface area contributed by atoms with E-state index in [0.717, 1.165) is 25.7 Å². The van der Waals surface area contributed by atoms with Crippen LogP contribution in [0.1, 0.15) is 49.4 Å². The van der Waals surface area contributed by atoms with Crippen LogP contribution in [0.5, 0.6) is 0 Å². The smallest absolute Gasteiger partial charge is 0.326 e. The van der Waals surface area contributed by atoms with Crippen LogP contribution in [0.15, 0.2) is 24.3 Å². The van der Waals surface area contributed by atoms with Gasteiger partial charge in [-0.1, -0.05) is 43.0 Å². The summed E-state index contributed by atoms with van der Waals surface area (Å²) in [6, 6.07) is 6.69. The maximum absolute atomic E-state index is 12.1. The number of hydrogen-bond acceptors (Lipinski definition) is 4. The molecule has 1 aliphatic carbocycles. The molecule has 2 N–H and O–H groups in total. The number of esters is 1. The Morgan fingerprint density at radius 3 is 2.56 bits per heavy atom. The first kappa shape index (κ1) is 19.2. The molecule has 0 bridgehead atoms. The molecule has 0 spiro atoms. The van der Waals surface area contributed by atoms with E-state index in [4.69, 9.17) is 16.3 Å². The summed E-state index contributed by atoms with van der Waals surface area (Å²) >= 11 is 5.92. The molecule has 1 aromatic carbocycles. The van der Waals surface area contributed by atoms with E-state index in [1.807, 2.05) is 0 Å². The molecule has 1 saturated carbocycles. The van der Waals surface area contributed by atoms with Crippen LogP contribution in [0.2, 0.25) is 5.02 Å². The maximum Gasteiger partial charge on any atom is 0.326 e. The first-order chi connectivity index (χ1) is 12.0. The van der Waals surface area contributed by atoms with Crippen molar-refractivity contribution in [2.75, 3.05) is 6.54 Å². The topological polar surface area (TPSA) is 84.5 Å². The van der Waals surface area contributed by atoms with Gasteiger partial charge in [0.1, 0.15) is 6.54 Å². The van der Waals surface area contributed by atoms with Crippen LogP contribution >= 0.6 is 11.6 Å². The lowest BCUT2D eigenvalue weighted by Crippen LogP contribution is -2.43. The molecule has 1 fully saturated rings. The minimum atomic E-state index is -0.897. The summed E-state index contributed by atoms with van der Waals surface area (Å²) in [4.78, 5) is 35.8. The predicted molar refractivity (Wildman–Crippen MR) is 94.4 cm³/mol. The normalized spacial score (nSPS) is 15.9. The Morgan fingerprint density at radius 2 is 1.88 bits per heavy atom. The average Bonchev–Trinajstić information content (AvgIpc) is 2.61. The fraction of sp³-hybridized carbons (Fsp3) is 0.500. The Bertz CT molecular complexity index is 629. The zero-order valence-corrected chi connectivity index (χ0v) is 15.0. The van der Waals surface area contributed by atoms with Crippen LogP contribution in [0.25, 0.3) is 0 Å². The van der Waals surface area contributed by atoms with Crippen molar-refractivity contribution in [3.05, 3.63) is 34.9 Å². The third-order valence-electron chi connectivity index (χ3n) is 4.14. The highest BCUT2D eigenvalue weighted by Crippen LogP contribution is 2.17. The summed E-state index contributed by atoms with van der Waals surface area (Å²) in [5.41, 5.74) is 0.278. The fourth-order valence-corrected chi connectivity index (χ4v) is 2.97. The number of carbonyl (C=O) groups excluding carboxylic acids is 3. The van der Waals surface area contributed by atoms with Gasteiger partial charge in [0, 0.05) is 6.04 Å². The lowest BCUT2D eigenvalue weighted by molar-refractivity contribution is -0.154. The van der Waals surface area contributed by atoms with Crippen molar-refractivity contribution in [1.29, 1.82) is 0 Å². The van der Waals surface area contributed by atoms with E-state index in [0.29, 0.717) is 5.02 Å². The first-order valence-electron chi connectivity index (χ1n) is 8.50. The molecule has 2 amide bonds. The number of benzene rings is 1. The van der Waals surface area contributed by atoms with Gasteiger partial charge in [0.05, 0.1) is 10.6 Å². The highest BCUT2D eigenvalue weighted by molar-refractivity contribution is 6.33. The van der Waals surface area contributed by atoms with Gasteiger partial charge in [-0.25, -0.2) is 0 Å². The number of nitrogens with one attached hydrogen (secondary N) is 2. The van der Waals surface area contributed by atoms with Crippen LogP contribution in [0.3, 0.4) is 0 Å². The van der Waals surface area contributed by atoms with E-state index in [-0.39, 0.29) is 24.1 Å². The van der Waals surface area contributed by atoms with Crippen molar-refractivity contribution >= 4 is 29.4 Å². The molecule has 1 atom stereocenters. The van der Waals surface area contributed by atoms with Gasteiger partial charge in [0.15, 0.2) is 6.10 Å². The Balaban J connectivity index is 1.74. The van der Waals surface area contributed by atoms with E-state index in [9.17, 15) is 14.4 Å². The van der Waals surface area contributed by atoms with Crippen LogP contribution < -0.4 is 10.6 Å². The Morgan fingerprint density at radius 1 is 1.20 bits per heavy atom. The molecular weight excluding hydrogens is 344 g/mol. The molecule has 1 aromatic rings. The minimum absolute atomic E-state index is 0.155. The summed E-state index contributed by atoms with van der Waals surface area (Å²) < 4.78 is 5.07. The molecule has 1 unspecified atom stereocenters. The first-order valence-corrected chi connectivity index (χ1v) is 8.87. The zero-order valence-electron chi connectivity index (χ0n) is 14.2. The standard InChI is InChI=1S/C18H23ClN2O4/c1-12(17(23)21-13-7-3-2-4-8-13)25-16(22)11-20-18(24)14-9-5-6-10-15(14)19/h5-6,9-10,12-13H,2-4,7-8,11H2,1H3,(H,20,24)(H,21,23). The van der Waals surface area contributed by atoms with Gasteiger partial charge in [0.2, 0.25) is 0 Å². The van der Waals surface area contributed by atoms with Gasteiger partial charge in [-0.3, -0.25) is 14.4 Å². The maximum atomic E-state index is 12.1. The predicted octanol–water partition coefficient (Wildman–Crippen LogP) is 2.45. The van der Waals surface area contributed by atoms with E-state index in [1.165, 1.54) is 13.3 Å². The number of ether oxygens (including phenoxy) is 1. The SMILES string of the molecule is CC(OC(=O)CNC(=O)c1ccccc1Cl)C(=O)NC1CCCCC1. The minimum Gasteiger partial charge on any atom is -0.451 e. The molecule has 7 heteroatoms. The molecule has 0 heterocycles. The summed E-state index contributed by atoms with van der Waals surface area (Å²) in [6.45, 7) is 1.19. The van der Waals surface area contributed by atoms with Crippen LogP contribution in [0.4, 0.5) is 0 Å². The number of halogens is 1. The van der Waals surface area contributed by atoms with E-state index in [2.05, 4.69) is 10.6 Å². The van der Waals surface area contributed by atoms with Crippen molar-refractivity contribution in [2.45, 2.75) is 51.2 Å². The van der Waals surface area contributed by atoms with Gasteiger partial charge in [-0.15, -0.1) is 0 Å². The Labute approximate surface area is 152 Å². The van der Waals surface area contributed by atoms with E-state index in [1.54, 1.807) is 24.3 Å². The lowest BCUT2D eigenvalue weighted by Gasteiger charge is -2.24. The van der Waals surface area contributed by atoms with Crippen molar-refractivity contribution < 1.29 is 19.1 Å². The highest BCUT2D eigenvalue weighted by Gasteiger charge is 2.22. The van der Waals surface area contributed by atoms with Crippen molar-refractivity contribution in [2.24, 2.45) is 0 Å². The monoisotopic (exact) mass is 366 g/mol. The average molecular weight is 367 g/mol. The Hall–Kier alpha value is -2.08. The molecule has 0 saturated heterocycles. The molecule has 0 aromatic heterocycles. The molecular formula is C18H23ClN2O4. The fourth-order valence-electron chi connectivity index (χ4n) is 2.75. The van der Waals surface area contributed by atoms with E-state index < -0.39 is 18.0 Å². The summed E-state index contributed by atoms with van der Waals surface area (Å²) in [6.07, 6.45) is 4.43. The summed E-state index contributed by atoms with van der Waals surface area (Å²) in [5, 5.41) is 5.64. The van der Waals surface area contributed by atoms with Gasteiger partial charge < -0.3 is 15.4 Å². The third-order valence-corrected chi connectivity index (χ3v) is 4.47. The lowest BCUT2D eigenvalue weighted by atomic mass is 9.95. The van der Waals surface area contributed by atoms with Crippen LogP contribution in [0, 0.1) is 0 Å². The van der Waals surface area contributed by atoms with Gasteiger partial charge in [-0.2, -0.15) is 0 Å². The number of amides is 2. The van der Waals surface area contributed by atoms with Crippen molar-refractivity contribution in [1.82, 2.24) is 10.6 Å². The summed E-state index contributed by atoms with van der Waals surface area (Å²) in [7, 11) is 0. The number of carbonyl (C=O) groups is 3. The van der Waals surface area contributed by atoms with Gasteiger partial charge in [-0.05, 0) is 31.9 Å². The zero-order chi connectivity index (χ0) is 18.2. The molecule has 0 radical (unpaired) electrons. The third kappa shape index (κ3) is 6.05. The molecule has 2 rings (SSSR count). The van der Waals surface area contributed by atoms with Gasteiger partial charge >= 0.3 is 5.97 Å². The second-order valence-electron chi connectivity index (χ2n) is 6.14. The largest absolute Gasteiger partial charge is 0.451 e. The number of rotatable bonds is 6. The molecule has 0 aliphatic heterocycles. The molecule has 6 nitrogen and oxygen atoms in total. The van der Waals surface area contributed by atoms with Crippen LogP contribution in [-0.4, -0.2) is 36.5 Å². The van der Waals surface area contributed by atoms with Crippen LogP contribution in [-0.2, 0) is 14.3 Å². The van der Waals surface area contributed by atoms with Crippen molar-refractivity contribution in [3.8, 4) is 0 Å².